The molecule has 1 aromatic carbocycles. The summed E-state index contributed by atoms with van der Waals surface area (Å²) in [4.78, 5) is 10.7. The molecule has 1 rings (SSSR count). The Hall–Kier alpha value is -0.940. The van der Waals surface area contributed by atoms with Crippen LogP contribution in [0.25, 0.3) is 0 Å². The smallest absolute Gasteiger partial charge is 0.417 e. The molecule has 0 aliphatic rings. The van der Waals surface area contributed by atoms with E-state index in [0.29, 0.717) is 0 Å². The minimum absolute atomic E-state index is 0.159. The lowest BCUT2D eigenvalue weighted by Gasteiger charge is -2.12. The highest BCUT2D eigenvalue weighted by Crippen LogP contribution is 2.42. The van der Waals surface area contributed by atoms with Crippen molar-refractivity contribution in [3.05, 3.63) is 27.7 Å². The van der Waals surface area contributed by atoms with Crippen molar-refractivity contribution < 1.29 is 22.7 Å². The maximum Gasteiger partial charge on any atom is 0.417 e. The molecule has 0 bridgehead atoms. The van der Waals surface area contributed by atoms with Crippen molar-refractivity contribution >= 4 is 29.2 Å². The average molecular weight is 273 g/mol. The van der Waals surface area contributed by atoms with Gasteiger partial charge in [-0.25, -0.2) is 0 Å². The summed E-state index contributed by atoms with van der Waals surface area (Å²) in [5.41, 5.74) is -1.10. The van der Waals surface area contributed by atoms with E-state index in [2.05, 4.69) is 4.74 Å². The maximum atomic E-state index is 12.4. The molecule has 0 spiro atoms. The molecule has 7 heteroatoms. The normalized spacial score (nSPS) is 11.4. The largest absolute Gasteiger partial charge is 0.424 e. The molecule has 0 heterocycles. The van der Waals surface area contributed by atoms with E-state index in [4.69, 9.17) is 23.2 Å². The molecule has 0 amide bonds. The molecular weight excluding hydrogens is 268 g/mol. The molecule has 0 fully saturated rings. The van der Waals surface area contributed by atoms with Crippen LogP contribution in [0, 0.1) is 0 Å². The first-order chi connectivity index (χ1) is 7.23. The minimum atomic E-state index is -4.63. The fourth-order valence-electron chi connectivity index (χ4n) is 0.989. The fourth-order valence-corrected chi connectivity index (χ4v) is 1.54. The first-order valence-corrected chi connectivity index (χ1v) is 4.72. The van der Waals surface area contributed by atoms with Gasteiger partial charge in [-0.15, -0.1) is 0 Å². The number of alkyl halides is 3. The molecule has 1 aromatic rings. The number of esters is 1. The lowest BCUT2D eigenvalue weighted by molar-refractivity contribution is -0.138. The van der Waals surface area contributed by atoms with Gasteiger partial charge in [-0.1, -0.05) is 23.2 Å². The van der Waals surface area contributed by atoms with E-state index in [1.165, 1.54) is 0 Å². The summed E-state index contributed by atoms with van der Waals surface area (Å²) in [6.07, 6.45) is -4.63. The average Bonchev–Trinajstić information content (AvgIpc) is 2.09. The minimum Gasteiger partial charge on any atom is -0.424 e. The molecule has 2 nitrogen and oxygen atoms in total. The van der Waals surface area contributed by atoms with Crippen LogP contribution in [0.5, 0.6) is 5.75 Å². The monoisotopic (exact) mass is 272 g/mol. The van der Waals surface area contributed by atoms with E-state index in [1.54, 1.807) is 0 Å². The number of hydrogen-bond acceptors (Lipinski definition) is 2. The van der Waals surface area contributed by atoms with Crippen LogP contribution in [0.1, 0.15) is 12.5 Å². The molecule has 0 N–H and O–H groups in total. The van der Waals surface area contributed by atoms with Crippen molar-refractivity contribution in [1.29, 1.82) is 0 Å². The fraction of sp³-hybridized carbons (Fsp3) is 0.222. The van der Waals surface area contributed by atoms with Crippen molar-refractivity contribution in [3.8, 4) is 5.75 Å². The Balaban J connectivity index is 3.33. The topological polar surface area (TPSA) is 26.3 Å². The number of hydrogen-bond donors (Lipinski definition) is 0. The highest BCUT2D eigenvalue weighted by Gasteiger charge is 2.35. The molecule has 0 radical (unpaired) electrons. The zero-order valence-corrected chi connectivity index (χ0v) is 9.37. The Labute approximate surface area is 98.9 Å². The zero-order chi connectivity index (χ0) is 12.5. The number of carbonyl (C=O) groups excluding carboxylic acids is 1. The highest BCUT2D eigenvalue weighted by atomic mass is 35.5. The van der Waals surface area contributed by atoms with Gasteiger partial charge in [-0.05, 0) is 12.1 Å². The molecular formula is C9H5Cl2F3O2. The standard InChI is InChI=1S/C9H5Cl2F3O2/c1-4(15)16-8-6(10)3-2-5(7(8)11)9(12,13)14/h2-3H,1H3. The lowest BCUT2D eigenvalue weighted by Crippen LogP contribution is -2.09. The van der Waals surface area contributed by atoms with Crippen LogP contribution in [0.3, 0.4) is 0 Å². The number of rotatable bonds is 1. The molecule has 88 valence electrons. The van der Waals surface area contributed by atoms with E-state index < -0.39 is 28.5 Å². The first-order valence-electron chi connectivity index (χ1n) is 3.97. The lowest BCUT2D eigenvalue weighted by atomic mass is 10.2. The Morgan fingerprint density at radius 3 is 2.31 bits per heavy atom. The molecule has 0 aliphatic heterocycles. The summed E-state index contributed by atoms with van der Waals surface area (Å²) >= 11 is 11.0. The summed E-state index contributed by atoms with van der Waals surface area (Å²) < 4.78 is 41.8. The molecule has 0 aromatic heterocycles. The predicted molar refractivity (Wildman–Crippen MR) is 52.8 cm³/mol. The number of benzene rings is 1. The Morgan fingerprint density at radius 2 is 1.88 bits per heavy atom. The second-order valence-electron chi connectivity index (χ2n) is 2.83. The molecule has 0 atom stereocenters. The van der Waals surface area contributed by atoms with Gasteiger partial charge in [0.25, 0.3) is 0 Å². The first kappa shape index (κ1) is 13.1. The summed E-state index contributed by atoms with van der Waals surface area (Å²) in [6, 6.07) is 1.69. The van der Waals surface area contributed by atoms with Crippen molar-refractivity contribution in [2.24, 2.45) is 0 Å². The summed E-state index contributed by atoms with van der Waals surface area (Å²) in [5.74, 6) is -1.28. The predicted octanol–water partition coefficient (Wildman–Crippen LogP) is 3.94. The van der Waals surface area contributed by atoms with Crippen LogP contribution in [-0.4, -0.2) is 5.97 Å². The van der Waals surface area contributed by atoms with E-state index in [1.807, 2.05) is 0 Å². The number of carbonyl (C=O) groups is 1. The number of halogens is 5. The van der Waals surface area contributed by atoms with E-state index in [9.17, 15) is 18.0 Å². The van der Waals surface area contributed by atoms with Crippen LogP contribution in [-0.2, 0) is 11.0 Å². The third kappa shape index (κ3) is 2.80. The SMILES string of the molecule is CC(=O)Oc1c(Cl)ccc(C(F)(F)F)c1Cl. The molecule has 0 aliphatic carbocycles. The second-order valence-corrected chi connectivity index (χ2v) is 3.61. The van der Waals surface area contributed by atoms with Crippen LogP contribution >= 0.6 is 23.2 Å². The quantitative estimate of drug-likeness (QED) is 0.572. The summed E-state index contributed by atoms with van der Waals surface area (Å²) in [5, 5.41) is -0.886. The van der Waals surface area contributed by atoms with Crippen molar-refractivity contribution in [2.45, 2.75) is 13.1 Å². The Bertz CT molecular complexity index is 429. The molecule has 16 heavy (non-hydrogen) atoms. The van der Waals surface area contributed by atoms with Gasteiger partial charge in [0.15, 0.2) is 5.75 Å². The van der Waals surface area contributed by atoms with Gasteiger partial charge in [-0.3, -0.25) is 4.79 Å². The van der Waals surface area contributed by atoms with Crippen LogP contribution < -0.4 is 4.74 Å². The van der Waals surface area contributed by atoms with Crippen molar-refractivity contribution in [2.75, 3.05) is 0 Å². The molecule has 0 saturated heterocycles. The third-order valence-electron chi connectivity index (χ3n) is 1.60. The van der Waals surface area contributed by atoms with Crippen molar-refractivity contribution in [1.82, 2.24) is 0 Å². The van der Waals surface area contributed by atoms with Crippen LogP contribution in [0.2, 0.25) is 10.0 Å². The summed E-state index contributed by atoms with van der Waals surface area (Å²) in [6.45, 7) is 1.03. The Morgan fingerprint density at radius 1 is 1.31 bits per heavy atom. The summed E-state index contributed by atoms with van der Waals surface area (Å²) in [7, 11) is 0. The molecule has 0 saturated carbocycles. The van der Waals surface area contributed by atoms with Gasteiger partial charge < -0.3 is 4.74 Å². The van der Waals surface area contributed by atoms with Crippen LogP contribution in [0.4, 0.5) is 13.2 Å². The third-order valence-corrected chi connectivity index (χ3v) is 2.27. The van der Waals surface area contributed by atoms with Gasteiger partial charge >= 0.3 is 12.1 Å². The van der Waals surface area contributed by atoms with Gasteiger partial charge in [-0.2, -0.15) is 13.2 Å². The number of ether oxygens (including phenoxy) is 1. The maximum absolute atomic E-state index is 12.4. The molecule has 0 unspecified atom stereocenters. The Kier molecular flexibility index (Phi) is 3.70. The van der Waals surface area contributed by atoms with Crippen LogP contribution in [0.15, 0.2) is 12.1 Å². The highest BCUT2D eigenvalue weighted by molar-refractivity contribution is 6.37. The zero-order valence-electron chi connectivity index (χ0n) is 7.86. The van der Waals surface area contributed by atoms with E-state index >= 15 is 0 Å². The van der Waals surface area contributed by atoms with Gasteiger partial charge in [0, 0.05) is 6.92 Å². The van der Waals surface area contributed by atoms with E-state index in [0.717, 1.165) is 19.1 Å². The van der Waals surface area contributed by atoms with Gasteiger partial charge in [0.1, 0.15) is 0 Å². The van der Waals surface area contributed by atoms with Gasteiger partial charge in [0.05, 0.1) is 15.6 Å². The second kappa shape index (κ2) is 4.51. The van der Waals surface area contributed by atoms with Crippen molar-refractivity contribution in [3.63, 3.8) is 0 Å². The van der Waals surface area contributed by atoms with E-state index in [-0.39, 0.29) is 5.02 Å². The van der Waals surface area contributed by atoms with Gasteiger partial charge in [0.2, 0.25) is 0 Å².